The van der Waals surface area contributed by atoms with Crippen molar-refractivity contribution in [2.24, 2.45) is 0 Å². The molecule has 0 amide bonds. The second-order valence-corrected chi connectivity index (χ2v) is 2.37. The molecule has 0 aliphatic carbocycles. The number of hydrogen-bond donors (Lipinski definition) is 2. The summed E-state index contributed by atoms with van der Waals surface area (Å²) in [5, 5.41) is 0. The van der Waals surface area contributed by atoms with Gasteiger partial charge < -0.3 is 14.7 Å². The summed E-state index contributed by atoms with van der Waals surface area (Å²) in [6, 6.07) is 3.94. The van der Waals surface area contributed by atoms with Gasteiger partial charge in [-0.1, -0.05) is 0 Å². The number of nitrogens with one attached hydrogen (secondary N) is 2. The maximum atomic E-state index is 5.27. The van der Waals surface area contributed by atoms with E-state index in [9.17, 15) is 0 Å². The molecule has 2 aromatic heterocycles. The van der Waals surface area contributed by atoms with Gasteiger partial charge in [-0.15, -0.1) is 0 Å². The van der Waals surface area contributed by atoms with Gasteiger partial charge in [0.05, 0.1) is 17.6 Å². The lowest BCUT2D eigenvalue weighted by Crippen LogP contribution is -1.90. The van der Waals surface area contributed by atoms with Crippen molar-refractivity contribution in [3.63, 3.8) is 0 Å². The summed E-state index contributed by atoms with van der Waals surface area (Å²) in [6.45, 7) is 2.67. The van der Waals surface area contributed by atoms with Gasteiger partial charge in [-0.3, -0.25) is 0 Å². The van der Waals surface area contributed by atoms with Crippen LogP contribution >= 0.6 is 0 Å². The molecule has 2 N–H and O–H groups in total. The average Bonchev–Trinajstić information content (AvgIpc) is 2.46. The van der Waals surface area contributed by atoms with Gasteiger partial charge in [0.2, 0.25) is 0 Å². The summed E-state index contributed by atoms with van der Waals surface area (Å²) >= 11 is 0. The lowest BCUT2D eigenvalue weighted by Gasteiger charge is -1.95. The van der Waals surface area contributed by atoms with Crippen molar-refractivity contribution < 1.29 is 4.74 Å². The summed E-state index contributed by atoms with van der Waals surface area (Å²) < 4.78 is 5.27. The van der Waals surface area contributed by atoms with Crippen LogP contribution in [0.1, 0.15) is 6.92 Å². The molecule has 0 saturated heterocycles. The van der Waals surface area contributed by atoms with E-state index in [2.05, 4.69) is 9.97 Å². The van der Waals surface area contributed by atoms with Gasteiger partial charge in [-0.05, 0) is 13.0 Å². The first-order chi connectivity index (χ1) is 5.40. The monoisotopic (exact) mass is 150 g/mol. The molecular weight excluding hydrogens is 140 g/mol. The van der Waals surface area contributed by atoms with E-state index in [0.29, 0.717) is 6.61 Å². The number of hydrogen-bond acceptors (Lipinski definition) is 1. The molecule has 0 bridgehead atoms. The highest BCUT2D eigenvalue weighted by Crippen LogP contribution is 2.18. The van der Waals surface area contributed by atoms with Crippen LogP contribution in [0.4, 0.5) is 0 Å². The molecule has 0 saturated carbocycles. The second kappa shape index (κ2) is 2.34. The van der Waals surface area contributed by atoms with Crippen molar-refractivity contribution in [3.05, 3.63) is 18.3 Å². The molecule has 2 aromatic rings. The Bertz CT molecular complexity index is 319. The van der Waals surface area contributed by atoms with Crippen LogP contribution in [0.25, 0.3) is 11.0 Å². The smallest absolute Gasteiger partial charge is 0.193 e. The maximum Gasteiger partial charge on any atom is 0.193 e. The molecule has 3 heteroatoms. The minimum Gasteiger partial charge on any atom is -0.479 e. The van der Waals surface area contributed by atoms with Crippen LogP contribution in [-0.2, 0) is 0 Å². The summed E-state index contributed by atoms with van der Waals surface area (Å²) in [6.07, 6.45) is 1.90. The maximum absolute atomic E-state index is 5.27. The fourth-order valence-electron chi connectivity index (χ4n) is 1.14. The van der Waals surface area contributed by atoms with E-state index in [1.165, 1.54) is 0 Å². The topological polar surface area (TPSA) is 40.8 Å². The average molecular weight is 150 g/mol. The van der Waals surface area contributed by atoms with Crippen LogP contribution < -0.4 is 4.74 Å². The summed E-state index contributed by atoms with van der Waals surface area (Å²) in [4.78, 5) is 6.21. The number of aromatic amines is 2. The van der Waals surface area contributed by atoms with Crippen LogP contribution in [0.3, 0.4) is 0 Å². The molecule has 0 atom stereocenters. The Morgan fingerprint density at radius 3 is 3.09 bits per heavy atom. The predicted octanol–water partition coefficient (Wildman–Crippen LogP) is 1.89. The first kappa shape index (κ1) is 6.34. The predicted molar refractivity (Wildman–Crippen MR) is 43.8 cm³/mol. The number of fused-ring (bicyclic) bond motifs is 1. The largest absolute Gasteiger partial charge is 0.479 e. The van der Waals surface area contributed by atoms with E-state index in [-0.39, 0.29) is 0 Å². The van der Waals surface area contributed by atoms with Gasteiger partial charge in [0.25, 0.3) is 0 Å². The molecule has 58 valence electrons. The Morgan fingerprint density at radius 2 is 2.36 bits per heavy atom. The molecule has 3 nitrogen and oxygen atoms in total. The van der Waals surface area contributed by atoms with Crippen molar-refractivity contribution >= 4 is 11.0 Å². The Balaban J connectivity index is 2.42. The van der Waals surface area contributed by atoms with E-state index >= 15 is 0 Å². The van der Waals surface area contributed by atoms with Gasteiger partial charge in [-0.25, -0.2) is 0 Å². The fraction of sp³-hybridized carbons (Fsp3) is 0.250. The molecule has 0 radical (unpaired) electrons. The zero-order chi connectivity index (χ0) is 7.68. The van der Waals surface area contributed by atoms with E-state index in [4.69, 9.17) is 4.74 Å². The lowest BCUT2D eigenvalue weighted by atomic mass is 10.5. The highest BCUT2D eigenvalue weighted by molar-refractivity contribution is 5.77. The quantitative estimate of drug-likeness (QED) is 0.674. The first-order valence-corrected chi connectivity index (χ1v) is 3.69. The highest BCUT2D eigenvalue weighted by Gasteiger charge is 1.99. The summed E-state index contributed by atoms with van der Waals surface area (Å²) in [7, 11) is 0. The van der Waals surface area contributed by atoms with E-state index in [1.807, 2.05) is 25.3 Å². The van der Waals surface area contributed by atoms with Gasteiger partial charge in [0, 0.05) is 12.3 Å². The third-order valence-electron chi connectivity index (χ3n) is 1.61. The molecule has 0 spiro atoms. The van der Waals surface area contributed by atoms with Gasteiger partial charge >= 0.3 is 0 Å². The van der Waals surface area contributed by atoms with Crippen molar-refractivity contribution in [2.75, 3.05) is 6.61 Å². The van der Waals surface area contributed by atoms with Crippen molar-refractivity contribution in [1.29, 1.82) is 0 Å². The fourth-order valence-corrected chi connectivity index (χ4v) is 1.14. The van der Waals surface area contributed by atoms with Crippen molar-refractivity contribution in [2.45, 2.75) is 6.92 Å². The van der Waals surface area contributed by atoms with Gasteiger partial charge in [0.1, 0.15) is 0 Å². The van der Waals surface area contributed by atoms with E-state index < -0.39 is 0 Å². The number of aromatic nitrogens is 2. The third kappa shape index (κ3) is 0.981. The lowest BCUT2D eigenvalue weighted by molar-refractivity contribution is 0.329. The molecule has 2 rings (SSSR count). The van der Waals surface area contributed by atoms with Crippen molar-refractivity contribution in [3.8, 4) is 5.88 Å². The second-order valence-electron chi connectivity index (χ2n) is 2.37. The molecule has 2 heterocycles. The number of H-pyrrole nitrogens is 2. The number of ether oxygens (including phenoxy) is 1. The Hall–Kier alpha value is -1.38. The van der Waals surface area contributed by atoms with Gasteiger partial charge in [0.15, 0.2) is 5.88 Å². The molecule has 0 aliphatic heterocycles. The third-order valence-corrected chi connectivity index (χ3v) is 1.61. The van der Waals surface area contributed by atoms with Crippen LogP contribution in [0.5, 0.6) is 5.88 Å². The first-order valence-electron chi connectivity index (χ1n) is 3.69. The molecule has 0 aromatic carbocycles. The van der Waals surface area contributed by atoms with Gasteiger partial charge in [-0.2, -0.15) is 0 Å². The SMILES string of the molecule is CCOc1cc2[nH]ccc2[nH]1. The van der Waals surface area contributed by atoms with E-state index in [0.717, 1.165) is 16.9 Å². The molecule has 0 aliphatic rings. The van der Waals surface area contributed by atoms with Crippen molar-refractivity contribution in [1.82, 2.24) is 9.97 Å². The number of rotatable bonds is 2. The Kier molecular flexibility index (Phi) is 1.35. The zero-order valence-electron chi connectivity index (χ0n) is 6.35. The summed E-state index contributed by atoms with van der Waals surface area (Å²) in [5.41, 5.74) is 2.18. The molecule has 0 fully saturated rings. The molecule has 0 unspecified atom stereocenters. The van der Waals surface area contributed by atoms with Crippen LogP contribution in [0.2, 0.25) is 0 Å². The minimum atomic E-state index is 0.698. The Morgan fingerprint density at radius 1 is 1.45 bits per heavy atom. The van der Waals surface area contributed by atoms with E-state index in [1.54, 1.807) is 0 Å². The van der Waals surface area contributed by atoms with Crippen LogP contribution in [-0.4, -0.2) is 16.6 Å². The van der Waals surface area contributed by atoms with Crippen LogP contribution in [0, 0.1) is 0 Å². The minimum absolute atomic E-state index is 0.698. The molecule has 11 heavy (non-hydrogen) atoms. The van der Waals surface area contributed by atoms with Crippen LogP contribution in [0.15, 0.2) is 18.3 Å². The summed E-state index contributed by atoms with van der Waals surface area (Å²) in [5.74, 6) is 0.828. The highest BCUT2D eigenvalue weighted by atomic mass is 16.5. The zero-order valence-corrected chi connectivity index (χ0v) is 6.35. The Labute approximate surface area is 64.4 Å². The molecular formula is C8H10N2O. The standard InChI is InChI=1S/C8H10N2O/c1-2-11-8-5-7-6(10-8)3-4-9-7/h3-5,9-10H,2H2,1H3. The normalized spacial score (nSPS) is 10.6.